The van der Waals surface area contributed by atoms with Gasteiger partial charge in [-0.1, -0.05) is 25.4 Å². The fourth-order valence-corrected chi connectivity index (χ4v) is 2.46. The third-order valence-corrected chi connectivity index (χ3v) is 4.36. The maximum Gasteiger partial charge on any atom is 0.146 e. The van der Waals surface area contributed by atoms with Crippen molar-refractivity contribution in [2.45, 2.75) is 26.7 Å². The minimum absolute atomic E-state index is 0.549. The van der Waals surface area contributed by atoms with Crippen LogP contribution in [0.4, 0.5) is 0 Å². The molecule has 2 aromatic rings. The second-order valence-electron chi connectivity index (χ2n) is 4.82. The molecule has 0 radical (unpaired) electrons. The van der Waals surface area contributed by atoms with Gasteiger partial charge in [-0.25, -0.2) is 9.97 Å². The highest BCUT2D eigenvalue weighted by molar-refractivity contribution is 14.1. The summed E-state index contributed by atoms with van der Waals surface area (Å²) in [4.78, 5) is 13.0. The summed E-state index contributed by atoms with van der Waals surface area (Å²) < 4.78 is 0.964. The Morgan fingerprint density at radius 2 is 1.89 bits per heavy atom. The average molecular weight is 388 g/mol. The summed E-state index contributed by atoms with van der Waals surface area (Å²) in [7, 11) is 0. The molecule has 19 heavy (non-hydrogen) atoms. The summed E-state index contributed by atoms with van der Waals surface area (Å²) in [5.74, 6) is 1.32. The van der Waals surface area contributed by atoms with Gasteiger partial charge in [0.25, 0.3) is 0 Å². The SMILES string of the molecule is CC(C)Cc1nc(Cc2ccncc2)nc(Cl)c1I. The summed E-state index contributed by atoms with van der Waals surface area (Å²) in [6.45, 7) is 4.35. The molecule has 0 aliphatic carbocycles. The van der Waals surface area contributed by atoms with Crippen LogP contribution in [0.5, 0.6) is 0 Å². The number of hydrogen-bond donors (Lipinski definition) is 0. The van der Waals surface area contributed by atoms with Crippen LogP contribution in [-0.4, -0.2) is 15.0 Å². The van der Waals surface area contributed by atoms with Gasteiger partial charge in [0.1, 0.15) is 11.0 Å². The van der Waals surface area contributed by atoms with E-state index in [2.05, 4.69) is 51.4 Å². The first kappa shape index (κ1) is 14.7. The number of nitrogens with zero attached hydrogens (tertiary/aromatic N) is 3. The molecule has 0 spiro atoms. The van der Waals surface area contributed by atoms with Crippen LogP contribution < -0.4 is 0 Å². The Hall–Kier alpha value is -0.750. The van der Waals surface area contributed by atoms with Crippen molar-refractivity contribution in [3.05, 3.63) is 50.3 Å². The molecule has 0 N–H and O–H groups in total. The van der Waals surface area contributed by atoms with Gasteiger partial charge < -0.3 is 0 Å². The minimum atomic E-state index is 0.549. The second-order valence-corrected chi connectivity index (χ2v) is 6.26. The molecular formula is C14H15ClIN3. The molecule has 0 atom stereocenters. The van der Waals surface area contributed by atoms with Gasteiger partial charge in [0.05, 0.1) is 9.26 Å². The predicted octanol–water partition coefficient (Wildman–Crippen LogP) is 3.92. The maximum atomic E-state index is 6.20. The van der Waals surface area contributed by atoms with E-state index in [0.717, 1.165) is 27.1 Å². The normalized spacial score (nSPS) is 11.0. The number of halogens is 2. The first-order valence-corrected chi connectivity index (χ1v) is 7.61. The van der Waals surface area contributed by atoms with Crippen LogP contribution in [0.15, 0.2) is 24.5 Å². The number of aromatic nitrogens is 3. The molecular weight excluding hydrogens is 373 g/mol. The van der Waals surface area contributed by atoms with Crippen molar-refractivity contribution >= 4 is 34.2 Å². The van der Waals surface area contributed by atoms with Crippen LogP contribution in [0.1, 0.15) is 30.9 Å². The predicted molar refractivity (Wildman–Crippen MR) is 85.3 cm³/mol. The van der Waals surface area contributed by atoms with Crippen LogP contribution in [0, 0.1) is 9.49 Å². The third kappa shape index (κ3) is 4.11. The van der Waals surface area contributed by atoms with Gasteiger partial charge >= 0.3 is 0 Å². The van der Waals surface area contributed by atoms with Crippen LogP contribution in [0.2, 0.25) is 5.15 Å². The summed E-state index contributed by atoms with van der Waals surface area (Å²) in [5.41, 5.74) is 2.18. The van der Waals surface area contributed by atoms with Crippen molar-refractivity contribution in [3.8, 4) is 0 Å². The van der Waals surface area contributed by atoms with Crippen molar-refractivity contribution in [2.75, 3.05) is 0 Å². The van der Waals surface area contributed by atoms with E-state index in [1.807, 2.05) is 12.1 Å². The van der Waals surface area contributed by atoms with Gasteiger partial charge in [0.2, 0.25) is 0 Å². The Labute approximate surface area is 132 Å². The number of rotatable bonds is 4. The lowest BCUT2D eigenvalue weighted by Crippen LogP contribution is -2.07. The molecule has 0 aromatic carbocycles. The lowest BCUT2D eigenvalue weighted by atomic mass is 10.1. The Bertz CT molecular complexity index is 558. The molecule has 0 aliphatic heterocycles. The third-order valence-electron chi connectivity index (χ3n) is 2.64. The lowest BCUT2D eigenvalue weighted by molar-refractivity contribution is 0.628. The molecule has 2 rings (SSSR count). The van der Waals surface area contributed by atoms with Crippen LogP contribution in [0.3, 0.4) is 0 Å². The standard InChI is InChI=1S/C14H15ClIN3/c1-9(2)7-11-13(16)14(15)19-12(18-11)8-10-3-5-17-6-4-10/h3-6,9H,7-8H2,1-2H3. The molecule has 2 aromatic heterocycles. The second kappa shape index (κ2) is 6.61. The monoisotopic (exact) mass is 387 g/mol. The van der Waals surface area contributed by atoms with Crippen molar-refractivity contribution in [2.24, 2.45) is 5.92 Å². The molecule has 0 saturated heterocycles. The first-order chi connectivity index (χ1) is 9.06. The van der Waals surface area contributed by atoms with E-state index in [0.29, 0.717) is 17.5 Å². The summed E-state index contributed by atoms with van der Waals surface area (Å²) in [5, 5.41) is 0.551. The Morgan fingerprint density at radius 3 is 2.53 bits per heavy atom. The van der Waals surface area contributed by atoms with Crippen molar-refractivity contribution in [1.29, 1.82) is 0 Å². The largest absolute Gasteiger partial charge is 0.265 e. The quantitative estimate of drug-likeness (QED) is 0.589. The Kier molecular flexibility index (Phi) is 5.10. The summed E-state index contributed by atoms with van der Waals surface area (Å²) in [6, 6.07) is 3.94. The van der Waals surface area contributed by atoms with E-state index in [4.69, 9.17) is 11.6 Å². The van der Waals surface area contributed by atoms with Crippen LogP contribution in [0.25, 0.3) is 0 Å². The molecule has 0 fully saturated rings. The topological polar surface area (TPSA) is 38.7 Å². The molecule has 0 aliphatic rings. The highest BCUT2D eigenvalue weighted by Gasteiger charge is 2.12. The van der Waals surface area contributed by atoms with Crippen LogP contribution in [-0.2, 0) is 12.8 Å². The highest BCUT2D eigenvalue weighted by atomic mass is 127. The maximum absolute atomic E-state index is 6.20. The Balaban J connectivity index is 2.29. The van der Waals surface area contributed by atoms with Gasteiger partial charge in [-0.15, -0.1) is 0 Å². The fourth-order valence-electron chi connectivity index (χ4n) is 1.80. The van der Waals surface area contributed by atoms with E-state index in [1.54, 1.807) is 12.4 Å². The van der Waals surface area contributed by atoms with Crippen LogP contribution >= 0.6 is 34.2 Å². The van der Waals surface area contributed by atoms with E-state index in [-0.39, 0.29) is 0 Å². The van der Waals surface area contributed by atoms with Gasteiger partial charge in [-0.3, -0.25) is 4.98 Å². The zero-order valence-electron chi connectivity index (χ0n) is 10.9. The molecule has 0 saturated carbocycles. The lowest BCUT2D eigenvalue weighted by Gasteiger charge is -2.10. The molecule has 0 unspecified atom stereocenters. The average Bonchev–Trinajstić information content (AvgIpc) is 2.36. The zero-order valence-corrected chi connectivity index (χ0v) is 13.8. The fraction of sp³-hybridized carbons (Fsp3) is 0.357. The summed E-state index contributed by atoms with van der Waals surface area (Å²) in [6.07, 6.45) is 5.16. The van der Waals surface area contributed by atoms with E-state index >= 15 is 0 Å². The van der Waals surface area contributed by atoms with Crippen molar-refractivity contribution in [1.82, 2.24) is 15.0 Å². The minimum Gasteiger partial charge on any atom is -0.265 e. The Morgan fingerprint density at radius 1 is 1.21 bits per heavy atom. The zero-order chi connectivity index (χ0) is 13.8. The van der Waals surface area contributed by atoms with Gasteiger partial charge in [0.15, 0.2) is 0 Å². The van der Waals surface area contributed by atoms with Crippen molar-refractivity contribution in [3.63, 3.8) is 0 Å². The van der Waals surface area contributed by atoms with E-state index in [1.165, 1.54) is 0 Å². The molecule has 2 heterocycles. The van der Waals surface area contributed by atoms with Gasteiger partial charge in [-0.2, -0.15) is 0 Å². The number of pyridine rings is 1. The summed E-state index contributed by atoms with van der Waals surface area (Å²) >= 11 is 8.42. The van der Waals surface area contributed by atoms with E-state index in [9.17, 15) is 0 Å². The highest BCUT2D eigenvalue weighted by Crippen LogP contribution is 2.22. The number of hydrogen-bond acceptors (Lipinski definition) is 3. The van der Waals surface area contributed by atoms with E-state index < -0.39 is 0 Å². The van der Waals surface area contributed by atoms with Crippen molar-refractivity contribution < 1.29 is 0 Å². The molecule has 5 heteroatoms. The molecule has 0 amide bonds. The first-order valence-electron chi connectivity index (χ1n) is 6.16. The molecule has 100 valence electrons. The smallest absolute Gasteiger partial charge is 0.146 e. The molecule has 0 bridgehead atoms. The van der Waals surface area contributed by atoms with Gasteiger partial charge in [0, 0.05) is 18.8 Å². The molecule has 3 nitrogen and oxygen atoms in total. The van der Waals surface area contributed by atoms with Gasteiger partial charge in [-0.05, 0) is 52.6 Å².